The van der Waals surface area contributed by atoms with Gasteiger partial charge in [-0.25, -0.2) is 0 Å². The first kappa shape index (κ1) is 23.5. The van der Waals surface area contributed by atoms with Gasteiger partial charge >= 0.3 is 0 Å². The van der Waals surface area contributed by atoms with Crippen LogP contribution in [0.2, 0.25) is 0 Å². The van der Waals surface area contributed by atoms with Gasteiger partial charge in [-0.15, -0.1) is 10.2 Å². The lowest BCUT2D eigenvalue weighted by atomic mass is 10.0. The summed E-state index contributed by atoms with van der Waals surface area (Å²) in [6, 6.07) is 22.6. The van der Waals surface area contributed by atoms with Gasteiger partial charge in [-0.2, -0.15) is 0 Å². The van der Waals surface area contributed by atoms with Crippen molar-refractivity contribution in [3.05, 3.63) is 84.2 Å². The largest absolute Gasteiger partial charge is 0.342 e. The molecule has 0 aliphatic heterocycles. The van der Waals surface area contributed by atoms with Crippen molar-refractivity contribution in [1.82, 2.24) is 20.1 Å². The zero-order valence-electron chi connectivity index (χ0n) is 19.4. The zero-order chi connectivity index (χ0) is 24.1. The van der Waals surface area contributed by atoms with Crippen molar-refractivity contribution < 1.29 is 9.59 Å². The van der Waals surface area contributed by atoms with Gasteiger partial charge in [-0.1, -0.05) is 80.2 Å². The number of nitrogens with one attached hydrogen (secondary N) is 2. The number of nitrogens with zero attached hydrogens (tertiary/aromatic N) is 3. The maximum atomic E-state index is 12.7. The summed E-state index contributed by atoms with van der Waals surface area (Å²) < 4.78 is 1.84. The summed E-state index contributed by atoms with van der Waals surface area (Å²) in [4.78, 5) is 25.4. The zero-order valence-corrected chi connectivity index (χ0v) is 20.2. The molecule has 4 aromatic rings. The number of carbonyl (C=O) groups is 2. The molecule has 1 aromatic heterocycles. The number of aromatic nitrogens is 3. The molecule has 0 radical (unpaired) electrons. The number of rotatable bonds is 8. The Bertz CT molecular complexity index is 1300. The SMILES string of the molecule is CC(C)[C@H](NC(=O)c1ccccc1)c1nnc(SCC(=O)Nc2cccc3ccccc23)n1C. The Labute approximate surface area is 203 Å². The second kappa shape index (κ2) is 10.5. The molecule has 0 saturated carbocycles. The van der Waals surface area contributed by atoms with Crippen molar-refractivity contribution in [3.63, 3.8) is 0 Å². The summed E-state index contributed by atoms with van der Waals surface area (Å²) in [5, 5.41) is 17.3. The molecular weight excluding hydrogens is 446 g/mol. The van der Waals surface area contributed by atoms with Crippen molar-refractivity contribution in [2.24, 2.45) is 13.0 Å². The van der Waals surface area contributed by atoms with E-state index in [9.17, 15) is 9.59 Å². The van der Waals surface area contributed by atoms with E-state index < -0.39 is 0 Å². The van der Waals surface area contributed by atoms with Crippen LogP contribution in [0, 0.1) is 5.92 Å². The Kier molecular flexibility index (Phi) is 7.27. The summed E-state index contributed by atoms with van der Waals surface area (Å²) in [5.41, 5.74) is 1.38. The van der Waals surface area contributed by atoms with Gasteiger partial charge < -0.3 is 15.2 Å². The van der Waals surface area contributed by atoms with Gasteiger partial charge in [-0.3, -0.25) is 9.59 Å². The summed E-state index contributed by atoms with van der Waals surface area (Å²) >= 11 is 1.31. The van der Waals surface area contributed by atoms with E-state index in [0.29, 0.717) is 16.5 Å². The maximum absolute atomic E-state index is 12.7. The van der Waals surface area contributed by atoms with Crippen LogP contribution < -0.4 is 10.6 Å². The third-order valence-electron chi connectivity index (χ3n) is 5.53. The van der Waals surface area contributed by atoms with Gasteiger partial charge in [0.1, 0.15) is 0 Å². The fourth-order valence-corrected chi connectivity index (χ4v) is 4.44. The Morgan fingerprint density at radius 3 is 2.41 bits per heavy atom. The average molecular weight is 474 g/mol. The van der Waals surface area contributed by atoms with Crippen LogP contribution in [-0.4, -0.2) is 32.3 Å². The van der Waals surface area contributed by atoms with E-state index in [1.807, 2.05) is 86.1 Å². The minimum Gasteiger partial charge on any atom is -0.342 e. The molecule has 3 aromatic carbocycles. The highest BCUT2D eigenvalue weighted by Crippen LogP contribution is 2.26. The first-order valence-electron chi connectivity index (χ1n) is 11.1. The molecule has 0 fully saturated rings. The van der Waals surface area contributed by atoms with E-state index in [1.165, 1.54) is 11.8 Å². The quantitative estimate of drug-likeness (QED) is 0.358. The Hall–Kier alpha value is -3.65. The van der Waals surface area contributed by atoms with E-state index in [4.69, 9.17) is 0 Å². The molecule has 4 rings (SSSR count). The van der Waals surface area contributed by atoms with Crippen LogP contribution in [-0.2, 0) is 11.8 Å². The van der Waals surface area contributed by atoms with Crippen LogP contribution >= 0.6 is 11.8 Å². The van der Waals surface area contributed by atoms with E-state index in [0.717, 1.165) is 16.5 Å². The molecule has 0 saturated heterocycles. The van der Waals surface area contributed by atoms with Gasteiger partial charge in [0.25, 0.3) is 5.91 Å². The predicted octanol–water partition coefficient (Wildman–Crippen LogP) is 4.83. The van der Waals surface area contributed by atoms with E-state index in [-0.39, 0.29) is 29.5 Å². The molecule has 0 aliphatic carbocycles. The fraction of sp³-hybridized carbons (Fsp3) is 0.231. The van der Waals surface area contributed by atoms with Crippen LogP contribution in [0.25, 0.3) is 10.8 Å². The molecule has 8 heteroatoms. The number of carbonyl (C=O) groups excluding carboxylic acids is 2. The molecule has 2 N–H and O–H groups in total. The number of anilines is 1. The van der Waals surface area contributed by atoms with E-state index >= 15 is 0 Å². The van der Waals surface area contributed by atoms with Crippen molar-refractivity contribution in [1.29, 1.82) is 0 Å². The van der Waals surface area contributed by atoms with E-state index in [1.54, 1.807) is 12.1 Å². The standard InChI is InChI=1S/C26H27N5O2S/c1-17(2)23(28-25(33)19-11-5-4-6-12-19)24-29-30-26(31(24)3)34-16-22(32)27-21-15-9-13-18-10-7-8-14-20(18)21/h4-15,17,23H,16H2,1-3H3,(H,27,32)(H,28,33)/t23-/m0/s1. The highest BCUT2D eigenvalue weighted by Gasteiger charge is 2.25. The average Bonchev–Trinajstić information content (AvgIpc) is 3.21. The monoisotopic (exact) mass is 473 g/mol. The lowest BCUT2D eigenvalue weighted by molar-refractivity contribution is -0.113. The number of fused-ring (bicyclic) bond motifs is 1. The molecule has 0 bridgehead atoms. The number of hydrogen-bond donors (Lipinski definition) is 2. The van der Waals surface area contributed by atoms with Crippen molar-refractivity contribution in [3.8, 4) is 0 Å². The van der Waals surface area contributed by atoms with Crippen molar-refractivity contribution >= 4 is 40.0 Å². The molecule has 1 atom stereocenters. The van der Waals surface area contributed by atoms with Gasteiger partial charge in [0.05, 0.1) is 11.8 Å². The number of hydrogen-bond acceptors (Lipinski definition) is 5. The molecule has 174 valence electrons. The lowest BCUT2D eigenvalue weighted by Crippen LogP contribution is -2.33. The maximum Gasteiger partial charge on any atom is 0.251 e. The predicted molar refractivity (Wildman–Crippen MR) is 136 cm³/mol. The molecular formula is C26H27N5O2S. The fourth-order valence-electron chi connectivity index (χ4n) is 3.72. The number of thioether (sulfide) groups is 1. The van der Waals surface area contributed by atoms with Gasteiger partial charge in [-0.05, 0) is 29.5 Å². The Morgan fingerprint density at radius 1 is 0.941 bits per heavy atom. The van der Waals surface area contributed by atoms with Gasteiger partial charge in [0.15, 0.2) is 11.0 Å². The second-order valence-electron chi connectivity index (χ2n) is 8.32. The Morgan fingerprint density at radius 2 is 1.65 bits per heavy atom. The van der Waals surface area contributed by atoms with Gasteiger partial charge in [0.2, 0.25) is 5.91 Å². The van der Waals surface area contributed by atoms with E-state index in [2.05, 4.69) is 20.8 Å². The lowest BCUT2D eigenvalue weighted by Gasteiger charge is -2.21. The summed E-state index contributed by atoms with van der Waals surface area (Å²) in [6.45, 7) is 4.05. The van der Waals surface area contributed by atoms with Gasteiger partial charge in [0, 0.05) is 23.7 Å². The molecule has 0 unspecified atom stereocenters. The van der Waals surface area contributed by atoms with Crippen LogP contribution in [0.4, 0.5) is 5.69 Å². The second-order valence-corrected chi connectivity index (χ2v) is 9.27. The normalized spacial score (nSPS) is 12.0. The highest BCUT2D eigenvalue weighted by atomic mass is 32.2. The molecule has 0 aliphatic rings. The smallest absolute Gasteiger partial charge is 0.251 e. The Balaban J connectivity index is 1.43. The van der Waals surface area contributed by atoms with Crippen molar-refractivity contribution in [2.75, 3.05) is 11.1 Å². The molecule has 0 spiro atoms. The summed E-state index contributed by atoms with van der Waals surface area (Å²) in [6.07, 6.45) is 0. The molecule has 34 heavy (non-hydrogen) atoms. The summed E-state index contributed by atoms with van der Waals surface area (Å²) in [5.74, 6) is 0.659. The molecule has 2 amide bonds. The third kappa shape index (κ3) is 5.28. The number of benzene rings is 3. The van der Waals surface area contributed by atoms with Crippen LogP contribution in [0.1, 0.15) is 36.1 Å². The first-order valence-corrected chi connectivity index (χ1v) is 12.1. The minimum absolute atomic E-state index is 0.100. The number of amides is 2. The van der Waals surface area contributed by atoms with Crippen molar-refractivity contribution in [2.45, 2.75) is 25.0 Å². The third-order valence-corrected chi connectivity index (χ3v) is 6.55. The molecule has 7 nitrogen and oxygen atoms in total. The highest BCUT2D eigenvalue weighted by molar-refractivity contribution is 7.99. The van der Waals surface area contributed by atoms with Crippen LogP contribution in [0.5, 0.6) is 0 Å². The summed E-state index contributed by atoms with van der Waals surface area (Å²) in [7, 11) is 1.85. The van der Waals surface area contributed by atoms with Crippen LogP contribution in [0.3, 0.4) is 0 Å². The molecule has 1 heterocycles. The first-order chi connectivity index (χ1) is 16.4. The van der Waals surface area contributed by atoms with Crippen LogP contribution in [0.15, 0.2) is 78.0 Å². The topological polar surface area (TPSA) is 88.9 Å². The minimum atomic E-state index is -0.316.